The lowest BCUT2D eigenvalue weighted by Gasteiger charge is -2.16. The van der Waals surface area contributed by atoms with Crippen LogP contribution in [0.25, 0.3) is 0 Å². The summed E-state index contributed by atoms with van der Waals surface area (Å²) < 4.78 is 47.2. The number of amides is 2. The summed E-state index contributed by atoms with van der Waals surface area (Å²) >= 11 is 0. The number of rotatable bonds is 10. The van der Waals surface area contributed by atoms with Crippen LogP contribution in [0.5, 0.6) is 0 Å². The van der Waals surface area contributed by atoms with Crippen LogP contribution in [0.3, 0.4) is 0 Å². The van der Waals surface area contributed by atoms with E-state index in [-0.39, 0.29) is 18.9 Å². The molecule has 2 N–H and O–H groups in total. The van der Waals surface area contributed by atoms with Gasteiger partial charge in [-0.25, -0.2) is 9.59 Å². The molecule has 0 saturated heterocycles. The quantitative estimate of drug-likeness (QED) is 0.348. The van der Waals surface area contributed by atoms with Crippen LogP contribution in [0.1, 0.15) is 30.4 Å². The summed E-state index contributed by atoms with van der Waals surface area (Å²) in [6.45, 7) is 3.45. The molecule has 160 valence electrons. The third-order valence-corrected chi connectivity index (χ3v) is 3.83. The minimum absolute atomic E-state index is 0.256. The number of alkyl halides is 3. The Morgan fingerprint density at radius 1 is 1.17 bits per heavy atom. The minimum Gasteiger partial charge on any atom is -0.467 e. The second kappa shape index (κ2) is 11.7. The second-order valence-corrected chi connectivity index (χ2v) is 5.98. The molecule has 29 heavy (non-hydrogen) atoms. The first-order chi connectivity index (χ1) is 13.7. The molecule has 0 heterocycles. The number of carbonyl (C=O) groups is 3. The Labute approximate surface area is 166 Å². The molecule has 0 bridgehead atoms. The number of methoxy groups -OCH3 is 1. The lowest BCUT2D eigenvalue weighted by Crippen LogP contribution is -2.41. The molecule has 0 aliphatic heterocycles. The van der Waals surface area contributed by atoms with Crippen LogP contribution in [0.15, 0.2) is 36.9 Å². The first-order valence-corrected chi connectivity index (χ1v) is 8.75. The summed E-state index contributed by atoms with van der Waals surface area (Å²) in [7, 11) is 1.18. The molecule has 1 atom stereocenters. The summed E-state index contributed by atoms with van der Waals surface area (Å²) in [5.41, 5.74) is -0.443. The van der Waals surface area contributed by atoms with Gasteiger partial charge in [0.15, 0.2) is 0 Å². The average molecular weight is 416 g/mol. The first kappa shape index (κ1) is 24.0. The van der Waals surface area contributed by atoms with E-state index in [1.54, 1.807) is 0 Å². The highest BCUT2D eigenvalue weighted by Gasteiger charge is 2.30. The number of hydrogen-bond donors (Lipinski definition) is 2. The number of esters is 1. The summed E-state index contributed by atoms with van der Waals surface area (Å²) in [6, 6.07) is 3.23. The number of carbonyl (C=O) groups excluding carboxylic acids is 3. The summed E-state index contributed by atoms with van der Waals surface area (Å²) in [4.78, 5) is 34.7. The van der Waals surface area contributed by atoms with Gasteiger partial charge in [0.05, 0.1) is 12.7 Å². The van der Waals surface area contributed by atoms with Crippen molar-refractivity contribution >= 4 is 18.0 Å². The van der Waals surface area contributed by atoms with Crippen molar-refractivity contribution in [3.8, 4) is 0 Å². The molecule has 0 aromatic heterocycles. The van der Waals surface area contributed by atoms with Crippen LogP contribution in [-0.4, -0.2) is 37.7 Å². The molecule has 2 amide bonds. The number of halogens is 3. The van der Waals surface area contributed by atoms with Gasteiger partial charge in [-0.3, -0.25) is 4.79 Å². The van der Waals surface area contributed by atoms with Crippen molar-refractivity contribution in [2.24, 2.45) is 0 Å². The van der Waals surface area contributed by atoms with E-state index in [1.165, 1.54) is 19.2 Å². The van der Waals surface area contributed by atoms with Crippen molar-refractivity contribution in [1.82, 2.24) is 10.6 Å². The minimum atomic E-state index is -4.45. The maximum atomic E-state index is 12.5. The molecule has 7 nitrogen and oxygen atoms in total. The van der Waals surface area contributed by atoms with Crippen LogP contribution in [-0.2, 0) is 31.8 Å². The zero-order chi connectivity index (χ0) is 21.9. The molecule has 0 radical (unpaired) electrons. The number of hydrogen-bond acceptors (Lipinski definition) is 5. The molecule has 10 heteroatoms. The molecule has 1 aromatic carbocycles. The van der Waals surface area contributed by atoms with Gasteiger partial charge >= 0.3 is 18.2 Å². The van der Waals surface area contributed by atoms with E-state index in [1.807, 2.05) is 0 Å². The standard InChI is InChI=1S/C19H23F3N2O5/c1-3-16(25)23-11-5-4-6-15(17(26)28-2)24-18(27)29-12-13-7-9-14(10-8-13)19(20,21)22/h3,7-10,15H,1,4-6,11-12H2,2H3,(H,23,25)(H,24,27)/t15-/m0/s1. The monoisotopic (exact) mass is 416 g/mol. The predicted molar refractivity (Wildman–Crippen MR) is 97.6 cm³/mol. The lowest BCUT2D eigenvalue weighted by molar-refractivity contribution is -0.143. The average Bonchev–Trinajstić information content (AvgIpc) is 2.69. The largest absolute Gasteiger partial charge is 0.467 e. The normalized spacial score (nSPS) is 11.9. The van der Waals surface area contributed by atoms with Crippen molar-refractivity contribution in [1.29, 1.82) is 0 Å². The van der Waals surface area contributed by atoms with Gasteiger partial charge in [0.25, 0.3) is 0 Å². The highest BCUT2D eigenvalue weighted by molar-refractivity contribution is 5.86. The topological polar surface area (TPSA) is 93.7 Å². The van der Waals surface area contributed by atoms with E-state index in [9.17, 15) is 27.6 Å². The lowest BCUT2D eigenvalue weighted by atomic mass is 10.1. The summed E-state index contributed by atoms with van der Waals surface area (Å²) in [5.74, 6) is -0.967. The Hall–Kier alpha value is -3.04. The zero-order valence-electron chi connectivity index (χ0n) is 15.9. The number of nitrogens with one attached hydrogen (secondary N) is 2. The first-order valence-electron chi connectivity index (χ1n) is 8.75. The van der Waals surface area contributed by atoms with Gasteiger partial charge in [0.2, 0.25) is 5.91 Å². The van der Waals surface area contributed by atoms with Gasteiger partial charge in [-0.1, -0.05) is 18.7 Å². The van der Waals surface area contributed by atoms with E-state index in [2.05, 4.69) is 21.9 Å². The highest BCUT2D eigenvalue weighted by Crippen LogP contribution is 2.29. The molecule has 1 aromatic rings. The van der Waals surface area contributed by atoms with Gasteiger partial charge < -0.3 is 20.1 Å². The predicted octanol–water partition coefficient (Wildman–Crippen LogP) is 2.95. The summed E-state index contributed by atoms with van der Waals surface area (Å²) in [6.07, 6.45) is -2.87. The third kappa shape index (κ3) is 9.13. The Morgan fingerprint density at radius 2 is 1.83 bits per heavy atom. The van der Waals surface area contributed by atoms with Crippen LogP contribution in [0.2, 0.25) is 0 Å². The third-order valence-electron chi connectivity index (χ3n) is 3.83. The van der Waals surface area contributed by atoms with Gasteiger partial charge in [-0.05, 0) is 43.0 Å². The molecule has 0 unspecified atom stereocenters. The fourth-order valence-corrected chi connectivity index (χ4v) is 2.27. The molecular weight excluding hydrogens is 393 g/mol. The highest BCUT2D eigenvalue weighted by atomic mass is 19.4. The molecular formula is C19H23F3N2O5. The van der Waals surface area contributed by atoms with E-state index >= 15 is 0 Å². The van der Waals surface area contributed by atoms with E-state index in [0.717, 1.165) is 18.2 Å². The zero-order valence-corrected chi connectivity index (χ0v) is 15.9. The van der Waals surface area contributed by atoms with Gasteiger partial charge in [-0.15, -0.1) is 0 Å². The fourth-order valence-electron chi connectivity index (χ4n) is 2.27. The van der Waals surface area contributed by atoms with Gasteiger partial charge in [0.1, 0.15) is 12.6 Å². The maximum absolute atomic E-state index is 12.5. The van der Waals surface area contributed by atoms with Crippen molar-refractivity contribution in [3.63, 3.8) is 0 Å². The molecule has 0 spiro atoms. The molecule has 0 fully saturated rings. The van der Waals surface area contributed by atoms with Gasteiger partial charge in [-0.2, -0.15) is 13.2 Å². The number of ether oxygens (including phenoxy) is 2. The van der Waals surface area contributed by atoms with Crippen LogP contribution in [0, 0.1) is 0 Å². The van der Waals surface area contributed by atoms with Crippen LogP contribution < -0.4 is 10.6 Å². The Balaban J connectivity index is 2.46. The van der Waals surface area contributed by atoms with E-state index in [4.69, 9.17) is 4.74 Å². The molecule has 0 aliphatic carbocycles. The maximum Gasteiger partial charge on any atom is 0.416 e. The van der Waals surface area contributed by atoms with E-state index in [0.29, 0.717) is 24.9 Å². The number of alkyl carbamates (subject to hydrolysis) is 1. The van der Waals surface area contributed by atoms with Crippen LogP contribution in [0.4, 0.5) is 18.0 Å². The Bertz CT molecular complexity index is 705. The second-order valence-electron chi connectivity index (χ2n) is 5.98. The van der Waals surface area contributed by atoms with Crippen molar-refractivity contribution in [2.45, 2.75) is 38.1 Å². The summed E-state index contributed by atoms with van der Waals surface area (Å²) in [5, 5.41) is 4.95. The van der Waals surface area contributed by atoms with Gasteiger partial charge in [0, 0.05) is 6.54 Å². The Kier molecular flexibility index (Phi) is 9.70. The van der Waals surface area contributed by atoms with Crippen LogP contribution >= 0.6 is 0 Å². The number of unbranched alkanes of at least 4 members (excludes halogenated alkanes) is 1. The Morgan fingerprint density at radius 3 is 2.38 bits per heavy atom. The van der Waals surface area contributed by atoms with Crippen molar-refractivity contribution in [2.75, 3.05) is 13.7 Å². The molecule has 0 saturated carbocycles. The number of benzene rings is 1. The van der Waals surface area contributed by atoms with E-state index < -0.39 is 29.8 Å². The SMILES string of the molecule is C=CC(=O)NCCCC[C@H](NC(=O)OCc1ccc(C(F)(F)F)cc1)C(=O)OC. The fraction of sp³-hybridized carbons (Fsp3) is 0.421. The molecule has 0 aliphatic rings. The van der Waals surface area contributed by atoms with Crippen molar-refractivity contribution < 1.29 is 37.0 Å². The van der Waals surface area contributed by atoms with Crippen molar-refractivity contribution in [3.05, 3.63) is 48.0 Å². The smallest absolute Gasteiger partial charge is 0.416 e. The molecule has 1 rings (SSSR count).